The van der Waals surface area contributed by atoms with E-state index in [1.54, 1.807) is 7.11 Å². The largest absolute Gasteiger partial charge is 0.493 e. The lowest BCUT2D eigenvalue weighted by Gasteiger charge is -2.15. The van der Waals surface area contributed by atoms with Crippen LogP contribution in [0.15, 0.2) is 24.3 Å². The normalized spacial score (nSPS) is 12.2. The molecule has 77 valence electrons. The molecule has 1 atom stereocenters. The average Bonchev–Trinajstić information content (AvgIpc) is 2.19. The molecule has 3 heteroatoms. The lowest BCUT2D eigenvalue weighted by Crippen LogP contribution is -2.16. The predicted octanol–water partition coefficient (Wildman–Crippen LogP) is 2.27. The monoisotopic (exact) mass is 195 g/mol. The smallest absolute Gasteiger partial charge is 0.200 e. The summed E-state index contributed by atoms with van der Waals surface area (Å²) in [5, 5.41) is 0. The lowest BCUT2D eigenvalue weighted by molar-refractivity contribution is -0.0435. The summed E-state index contributed by atoms with van der Waals surface area (Å²) >= 11 is 0. The van der Waals surface area contributed by atoms with Crippen LogP contribution in [0.4, 0.5) is 0 Å². The number of hydrogen-bond acceptors (Lipinski definition) is 3. The molecule has 0 saturated heterocycles. The number of benzene rings is 1. The van der Waals surface area contributed by atoms with Crippen molar-refractivity contribution >= 4 is 0 Å². The molecule has 0 aliphatic carbocycles. The number of para-hydroxylation sites is 2. The summed E-state index contributed by atoms with van der Waals surface area (Å²) in [5.41, 5.74) is 0. The van der Waals surface area contributed by atoms with Crippen LogP contribution in [-0.4, -0.2) is 20.0 Å². The highest BCUT2D eigenvalue weighted by Crippen LogP contribution is 2.26. The Morgan fingerprint density at radius 2 is 1.93 bits per heavy atom. The molecule has 0 bridgehead atoms. The van der Waals surface area contributed by atoms with Crippen molar-refractivity contribution in [1.82, 2.24) is 0 Å². The van der Waals surface area contributed by atoms with E-state index in [1.165, 1.54) is 0 Å². The molecule has 0 aliphatic heterocycles. The van der Waals surface area contributed by atoms with Crippen molar-refractivity contribution in [2.24, 2.45) is 0 Å². The second kappa shape index (κ2) is 5.50. The maximum atomic E-state index is 5.42. The Morgan fingerprint density at radius 1 is 1.29 bits per heavy atom. The molecule has 0 amide bonds. The molecule has 0 N–H and O–H groups in total. The van der Waals surface area contributed by atoms with Crippen molar-refractivity contribution in [2.45, 2.75) is 13.2 Å². The molecule has 1 unspecified atom stereocenters. The van der Waals surface area contributed by atoms with Crippen molar-refractivity contribution in [3.8, 4) is 11.5 Å². The maximum absolute atomic E-state index is 5.42. The zero-order chi connectivity index (χ0) is 10.4. The zero-order valence-corrected chi connectivity index (χ0v) is 8.53. The summed E-state index contributed by atoms with van der Waals surface area (Å²) in [4.78, 5) is 0. The number of rotatable bonds is 5. The summed E-state index contributed by atoms with van der Waals surface area (Å²) in [6.07, 6.45) is -0.503. The SMILES string of the molecule is [CH2]C(OCC)Oc1ccccc1OC. The summed E-state index contributed by atoms with van der Waals surface area (Å²) in [7, 11) is 1.60. The van der Waals surface area contributed by atoms with Crippen LogP contribution in [0.25, 0.3) is 0 Å². The Bertz CT molecular complexity index is 273. The third kappa shape index (κ3) is 2.92. The van der Waals surface area contributed by atoms with Crippen molar-refractivity contribution in [3.63, 3.8) is 0 Å². The molecule has 1 aromatic carbocycles. The molecular formula is C11H15O3. The van der Waals surface area contributed by atoms with Gasteiger partial charge in [-0.25, -0.2) is 0 Å². The highest BCUT2D eigenvalue weighted by Gasteiger charge is 2.07. The first-order valence-electron chi connectivity index (χ1n) is 4.52. The standard InChI is InChI=1S/C11H15O3/c1-4-13-9(2)14-11-8-6-5-7-10(11)12-3/h5-9H,2,4H2,1,3H3. The van der Waals surface area contributed by atoms with Gasteiger partial charge in [0.1, 0.15) is 0 Å². The molecule has 0 heterocycles. The molecule has 1 rings (SSSR count). The number of methoxy groups -OCH3 is 1. The average molecular weight is 195 g/mol. The Kier molecular flexibility index (Phi) is 4.26. The second-order valence-corrected chi connectivity index (χ2v) is 2.65. The molecule has 0 fully saturated rings. The van der Waals surface area contributed by atoms with Gasteiger partial charge in [0.25, 0.3) is 0 Å². The van der Waals surface area contributed by atoms with Crippen molar-refractivity contribution in [2.75, 3.05) is 13.7 Å². The fraction of sp³-hybridized carbons (Fsp3) is 0.364. The third-order valence-electron chi connectivity index (χ3n) is 1.68. The van der Waals surface area contributed by atoms with E-state index in [1.807, 2.05) is 31.2 Å². The Labute approximate surface area is 84.6 Å². The van der Waals surface area contributed by atoms with Crippen molar-refractivity contribution in [3.05, 3.63) is 31.2 Å². The van der Waals surface area contributed by atoms with Crippen LogP contribution in [-0.2, 0) is 4.74 Å². The van der Waals surface area contributed by atoms with Crippen LogP contribution in [0.5, 0.6) is 11.5 Å². The number of ether oxygens (including phenoxy) is 3. The van der Waals surface area contributed by atoms with Gasteiger partial charge in [-0.05, 0) is 19.1 Å². The van der Waals surface area contributed by atoms with Crippen molar-refractivity contribution in [1.29, 1.82) is 0 Å². The Hall–Kier alpha value is -1.22. The van der Waals surface area contributed by atoms with Gasteiger partial charge >= 0.3 is 0 Å². The van der Waals surface area contributed by atoms with E-state index in [-0.39, 0.29) is 0 Å². The minimum atomic E-state index is -0.503. The topological polar surface area (TPSA) is 27.7 Å². The first-order chi connectivity index (χ1) is 6.77. The molecule has 3 nitrogen and oxygen atoms in total. The molecule has 0 spiro atoms. The zero-order valence-electron chi connectivity index (χ0n) is 8.53. The Morgan fingerprint density at radius 3 is 2.50 bits per heavy atom. The molecular weight excluding hydrogens is 180 g/mol. The second-order valence-electron chi connectivity index (χ2n) is 2.65. The van der Waals surface area contributed by atoms with E-state index in [4.69, 9.17) is 14.2 Å². The van der Waals surface area contributed by atoms with Gasteiger partial charge in [0, 0.05) is 13.5 Å². The van der Waals surface area contributed by atoms with Gasteiger partial charge in [-0.1, -0.05) is 12.1 Å². The summed E-state index contributed by atoms with van der Waals surface area (Å²) in [5.74, 6) is 1.32. The molecule has 1 radical (unpaired) electrons. The van der Waals surface area contributed by atoms with Crippen LogP contribution < -0.4 is 9.47 Å². The lowest BCUT2D eigenvalue weighted by atomic mass is 10.3. The Balaban J connectivity index is 2.65. The highest BCUT2D eigenvalue weighted by molar-refractivity contribution is 5.39. The van der Waals surface area contributed by atoms with Gasteiger partial charge in [-0.2, -0.15) is 0 Å². The van der Waals surface area contributed by atoms with Crippen molar-refractivity contribution < 1.29 is 14.2 Å². The maximum Gasteiger partial charge on any atom is 0.200 e. The minimum absolute atomic E-state index is 0.503. The van der Waals surface area contributed by atoms with Gasteiger partial charge in [0.2, 0.25) is 0 Å². The predicted molar refractivity (Wildman–Crippen MR) is 54.4 cm³/mol. The summed E-state index contributed by atoms with van der Waals surface area (Å²) < 4.78 is 15.7. The van der Waals surface area contributed by atoms with Crippen LogP contribution in [0.2, 0.25) is 0 Å². The van der Waals surface area contributed by atoms with E-state index in [0.717, 1.165) is 0 Å². The van der Waals surface area contributed by atoms with Gasteiger partial charge in [-0.15, -0.1) is 0 Å². The van der Waals surface area contributed by atoms with Crippen LogP contribution >= 0.6 is 0 Å². The molecule has 1 aromatic rings. The quantitative estimate of drug-likeness (QED) is 0.674. The van der Waals surface area contributed by atoms with Gasteiger partial charge < -0.3 is 14.2 Å². The van der Waals surface area contributed by atoms with E-state index in [9.17, 15) is 0 Å². The van der Waals surface area contributed by atoms with E-state index >= 15 is 0 Å². The molecule has 0 saturated carbocycles. The van der Waals surface area contributed by atoms with Gasteiger partial charge in [-0.3, -0.25) is 0 Å². The third-order valence-corrected chi connectivity index (χ3v) is 1.68. The van der Waals surface area contributed by atoms with Crippen LogP contribution in [0.3, 0.4) is 0 Å². The van der Waals surface area contributed by atoms with Gasteiger partial charge in [0.05, 0.1) is 7.11 Å². The van der Waals surface area contributed by atoms with Crippen LogP contribution in [0.1, 0.15) is 6.92 Å². The fourth-order valence-corrected chi connectivity index (χ4v) is 1.08. The summed E-state index contributed by atoms with van der Waals surface area (Å²) in [6, 6.07) is 7.39. The van der Waals surface area contributed by atoms with Gasteiger partial charge in [0.15, 0.2) is 17.8 Å². The minimum Gasteiger partial charge on any atom is -0.493 e. The summed E-state index contributed by atoms with van der Waals surface area (Å²) in [6.45, 7) is 6.16. The first kappa shape index (κ1) is 10.9. The fourth-order valence-electron chi connectivity index (χ4n) is 1.08. The number of hydrogen-bond donors (Lipinski definition) is 0. The van der Waals surface area contributed by atoms with E-state index < -0.39 is 6.29 Å². The van der Waals surface area contributed by atoms with E-state index in [0.29, 0.717) is 18.1 Å². The molecule has 14 heavy (non-hydrogen) atoms. The highest BCUT2D eigenvalue weighted by atomic mass is 16.7. The first-order valence-corrected chi connectivity index (χ1v) is 4.52. The molecule has 0 aliphatic rings. The molecule has 0 aromatic heterocycles. The van der Waals surface area contributed by atoms with E-state index in [2.05, 4.69) is 6.92 Å². The van der Waals surface area contributed by atoms with Crippen LogP contribution in [0, 0.1) is 6.92 Å².